The van der Waals surface area contributed by atoms with Crippen LogP contribution in [0.3, 0.4) is 0 Å². The molecule has 1 aliphatic heterocycles. The van der Waals surface area contributed by atoms with Gasteiger partial charge in [0.05, 0.1) is 23.7 Å². The van der Waals surface area contributed by atoms with Crippen molar-refractivity contribution in [3.8, 4) is 0 Å². The van der Waals surface area contributed by atoms with Crippen LogP contribution in [0.4, 0.5) is 0 Å². The number of rotatable bonds is 3. The van der Waals surface area contributed by atoms with Gasteiger partial charge in [0.15, 0.2) is 9.84 Å². The Morgan fingerprint density at radius 2 is 2.27 bits per heavy atom. The first-order valence-electron chi connectivity index (χ1n) is 5.02. The highest BCUT2D eigenvalue weighted by Gasteiger charge is 2.39. The van der Waals surface area contributed by atoms with Crippen LogP contribution in [-0.2, 0) is 14.6 Å². The normalized spacial score (nSPS) is 28.7. The highest BCUT2D eigenvalue weighted by molar-refractivity contribution is 7.91. The zero-order valence-corrected chi connectivity index (χ0v) is 10.7. The summed E-state index contributed by atoms with van der Waals surface area (Å²) < 4.78 is 27.8. The van der Waals surface area contributed by atoms with Gasteiger partial charge in [0.2, 0.25) is 0 Å². The number of hydrogen-bond donors (Lipinski definition) is 1. The monoisotopic (exact) mass is 251 g/mol. The molecule has 1 saturated heterocycles. The van der Waals surface area contributed by atoms with Gasteiger partial charge in [-0.2, -0.15) is 0 Å². The topological polar surface area (TPSA) is 55.4 Å². The van der Waals surface area contributed by atoms with Crippen molar-refractivity contribution in [2.75, 3.05) is 18.1 Å². The minimum atomic E-state index is -2.90. The Morgan fingerprint density at radius 1 is 1.60 bits per heavy atom. The van der Waals surface area contributed by atoms with Crippen LogP contribution in [0.25, 0.3) is 0 Å². The van der Waals surface area contributed by atoms with Crippen molar-refractivity contribution in [1.29, 1.82) is 0 Å². The van der Waals surface area contributed by atoms with Crippen molar-refractivity contribution in [2.24, 2.45) is 0 Å². The summed E-state index contributed by atoms with van der Waals surface area (Å²) in [6, 6.07) is 0. The maximum atomic E-state index is 11.3. The van der Waals surface area contributed by atoms with Crippen molar-refractivity contribution in [3.05, 3.63) is 0 Å². The lowest BCUT2D eigenvalue weighted by molar-refractivity contribution is 0.282. The van der Waals surface area contributed by atoms with Crippen LogP contribution in [-0.4, -0.2) is 37.2 Å². The molecule has 0 aliphatic carbocycles. The Kier molecular flexibility index (Phi) is 3.94. The van der Waals surface area contributed by atoms with Crippen LogP contribution in [0.15, 0.2) is 0 Å². The lowest BCUT2D eigenvalue weighted by Gasteiger charge is -2.25. The third-order valence-corrected chi connectivity index (χ3v) is 4.47. The van der Waals surface area contributed by atoms with Crippen molar-refractivity contribution >= 4 is 27.2 Å². The number of hydrogen-bond acceptors (Lipinski definition) is 4. The molecule has 15 heavy (non-hydrogen) atoms. The van der Waals surface area contributed by atoms with E-state index in [0.29, 0.717) is 18.2 Å². The fourth-order valence-electron chi connectivity index (χ4n) is 1.59. The summed E-state index contributed by atoms with van der Waals surface area (Å²) in [4.78, 5) is 0. The predicted octanol–water partition coefficient (Wildman–Crippen LogP) is 0.865. The van der Waals surface area contributed by atoms with Gasteiger partial charge in [-0.15, -0.1) is 0 Å². The summed E-state index contributed by atoms with van der Waals surface area (Å²) in [5, 5.41) is 3.28. The fraction of sp³-hybridized carbons (Fsp3) is 0.889. The Morgan fingerprint density at radius 3 is 2.73 bits per heavy atom. The van der Waals surface area contributed by atoms with E-state index in [9.17, 15) is 8.42 Å². The molecule has 4 nitrogen and oxygen atoms in total. The van der Waals surface area contributed by atoms with E-state index in [0.717, 1.165) is 6.42 Å². The summed E-state index contributed by atoms with van der Waals surface area (Å²) in [6.07, 6.45) is 1.47. The molecule has 0 amide bonds. The molecular formula is C9H17NO3S2. The standard InChI is InChI=1S/C9H17NO3S2/c1-3-5-13-8(14)10-9(2)4-6-15(11,12)7-9/h3-7H2,1-2H3,(H,10,14)/t9-/m0/s1. The molecule has 1 aliphatic rings. The van der Waals surface area contributed by atoms with Gasteiger partial charge in [-0.25, -0.2) is 8.42 Å². The van der Waals surface area contributed by atoms with Gasteiger partial charge >= 0.3 is 0 Å². The summed E-state index contributed by atoms with van der Waals surface area (Å²) in [6.45, 7) is 4.41. The van der Waals surface area contributed by atoms with Crippen molar-refractivity contribution in [2.45, 2.75) is 32.2 Å². The number of nitrogens with one attached hydrogen (secondary N) is 1. The molecule has 0 aromatic carbocycles. The SMILES string of the molecule is CCCOC(=S)N[C@@]1(C)CCS(=O)(=O)C1. The quantitative estimate of drug-likeness (QED) is 0.754. The highest BCUT2D eigenvalue weighted by atomic mass is 32.2. The second-order valence-electron chi connectivity index (χ2n) is 4.16. The molecule has 0 spiro atoms. The zero-order chi connectivity index (χ0) is 11.5. The maximum Gasteiger partial charge on any atom is 0.257 e. The van der Waals surface area contributed by atoms with E-state index in [1.54, 1.807) is 0 Å². The van der Waals surface area contributed by atoms with Crippen LogP contribution in [0, 0.1) is 0 Å². The molecule has 1 N–H and O–H groups in total. The number of thiocarbonyl (C=S) groups is 1. The van der Waals surface area contributed by atoms with E-state index < -0.39 is 15.4 Å². The van der Waals surface area contributed by atoms with Gasteiger partial charge in [-0.05, 0) is 32.0 Å². The molecule has 1 fully saturated rings. The number of ether oxygens (including phenoxy) is 1. The van der Waals surface area contributed by atoms with Crippen LogP contribution < -0.4 is 5.32 Å². The van der Waals surface area contributed by atoms with Gasteiger partial charge in [-0.1, -0.05) is 6.92 Å². The smallest absolute Gasteiger partial charge is 0.257 e. The van der Waals surface area contributed by atoms with E-state index >= 15 is 0 Å². The van der Waals surface area contributed by atoms with Crippen LogP contribution in [0.1, 0.15) is 26.7 Å². The lowest BCUT2D eigenvalue weighted by atomic mass is 10.0. The molecule has 1 rings (SSSR count). The Labute approximate surface area is 96.3 Å². The zero-order valence-electron chi connectivity index (χ0n) is 9.08. The molecule has 0 aromatic rings. The molecule has 0 bridgehead atoms. The maximum absolute atomic E-state index is 11.3. The van der Waals surface area contributed by atoms with E-state index in [-0.39, 0.29) is 11.5 Å². The van der Waals surface area contributed by atoms with Crippen LogP contribution in [0.5, 0.6) is 0 Å². The molecule has 6 heteroatoms. The minimum absolute atomic E-state index is 0.135. The third-order valence-electron chi connectivity index (χ3n) is 2.34. The second kappa shape index (κ2) is 4.65. The third kappa shape index (κ3) is 3.95. The fourth-order valence-corrected chi connectivity index (χ4v) is 4.01. The molecule has 0 unspecified atom stereocenters. The van der Waals surface area contributed by atoms with Crippen molar-refractivity contribution in [3.63, 3.8) is 0 Å². The van der Waals surface area contributed by atoms with Gasteiger partial charge in [0, 0.05) is 0 Å². The van der Waals surface area contributed by atoms with Crippen molar-refractivity contribution < 1.29 is 13.2 Å². The van der Waals surface area contributed by atoms with Gasteiger partial charge in [0.25, 0.3) is 5.17 Å². The lowest BCUT2D eigenvalue weighted by Crippen LogP contribution is -2.47. The Bertz CT molecular complexity index is 339. The first-order chi connectivity index (χ1) is 6.87. The molecule has 0 saturated carbocycles. The first-order valence-corrected chi connectivity index (χ1v) is 7.25. The van der Waals surface area contributed by atoms with E-state index in [2.05, 4.69) is 5.32 Å². The first kappa shape index (κ1) is 12.7. The van der Waals surface area contributed by atoms with Gasteiger partial charge < -0.3 is 10.1 Å². The molecule has 1 atom stereocenters. The largest absolute Gasteiger partial charge is 0.471 e. The van der Waals surface area contributed by atoms with E-state index in [1.165, 1.54) is 0 Å². The highest BCUT2D eigenvalue weighted by Crippen LogP contribution is 2.22. The summed E-state index contributed by atoms with van der Waals surface area (Å²) >= 11 is 4.97. The summed E-state index contributed by atoms with van der Waals surface area (Å²) in [7, 11) is -2.90. The summed E-state index contributed by atoms with van der Waals surface area (Å²) in [5.41, 5.74) is -0.455. The molecule has 88 valence electrons. The van der Waals surface area contributed by atoms with E-state index in [1.807, 2.05) is 13.8 Å². The van der Waals surface area contributed by atoms with Crippen molar-refractivity contribution in [1.82, 2.24) is 5.32 Å². The molecule has 0 radical (unpaired) electrons. The average molecular weight is 251 g/mol. The Balaban J connectivity index is 2.48. The minimum Gasteiger partial charge on any atom is -0.471 e. The van der Waals surface area contributed by atoms with Crippen LogP contribution >= 0.6 is 12.2 Å². The average Bonchev–Trinajstić information content (AvgIpc) is 2.37. The Hall–Kier alpha value is -0.360. The second-order valence-corrected chi connectivity index (χ2v) is 6.72. The van der Waals surface area contributed by atoms with E-state index in [4.69, 9.17) is 17.0 Å². The molecule has 0 aromatic heterocycles. The predicted molar refractivity (Wildman–Crippen MR) is 63.7 cm³/mol. The molecule has 1 heterocycles. The van der Waals surface area contributed by atoms with Gasteiger partial charge in [0.1, 0.15) is 0 Å². The van der Waals surface area contributed by atoms with Crippen LogP contribution in [0.2, 0.25) is 0 Å². The number of sulfone groups is 1. The summed E-state index contributed by atoms with van der Waals surface area (Å²) in [5.74, 6) is 0.364. The van der Waals surface area contributed by atoms with Gasteiger partial charge in [-0.3, -0.25) is 0 Å². The molecular weight excluding hydrogens is 234 g/mol.